The Hall–Kier alpha value is -1.21. The van der Waals surface area contributed by atoms with Crippen LogP contribution in [0.15, 0.2) is 40.5 Å². The predicted octanol–water partition coefficient (Wildman–Crippen LogP) is 1.78. The van der Waals surface area contributed by atoms with Gasteiger partial charge in [0.15, 0.2) is 5.78 Å². The van der Waals surface area contributed by atoms with Crippen LogP contribution in [-0.4, -0.2) is 61.7 Å². The minimum atomic E-state index is -0.00916. The van der Waals surface area contributed by atoms with Crippen molar-refractivity contribution in [3.8, 4) is 0 Å². The van der Waals surface area contributed by atoms with Gasteiger partial charge in [-0.15, -0.1) is 0 Å². The fourth-order valence-corrected chi connectivity index (χ4v) is 2.91. The Morgan fingerprint density at radius 2 is 2.00 bits per heavy atom. The van der Waals surface area contributed by atoms with Gasteiger partial charge >= 0.3 is 0 Å². The predicted molar refractivity (Wildman–Crippen MR) is 100 cm³/mol. The largest absolute Gasteiger partial charge is 0.396 e. The average molecular weight is 396 g/mol. The zero-order valence-corrected chi connectivity index (χ0v) is 15.5. The summed E-state index contributed by atoms with van der Waals surface area (Å²) < 4.78 is 0.956. The molecule has 24 heavy (non-hydrogen) atoms. The molecule has 0 radical (unpaired) electrons. The molecule has 5 nitrogen and oxygen atoms in total. The first kappa shape index (κ1) is 19.1. The molecule has 0 spiro atoms. The molecule has 0 bridgehead atoms. The summed E-state index contributed by atoms with van der Waals surface area (Å²) in [7, 11) is 0. The van der Waals surface area contributed by atoms with Crippen LogP contribution in [0.25, 0.3) is 0 Å². The first-order valence-corrected chi connectivity index (χ1v) is 9.26. The van der Waals surface area contributed by atoms with Crippen molar-refractivity contribution in [2.75, 3.05) is 45.9 Å². The van der Waals surface area contributed by atoms with Gasteiger partial charge in [-0.05, 0) is 37.1 Å². The molecular weight excluding hydrogens is 370 g/mol. The Labute approximate surface area is 152 Å². The number of rotatable bonds is 9. The second kappa shape index (κ2) is 10.6. The molecule has 2 rings (SSSR count). The molecule has 0 saturated carbocycles. The van der Waals surface area contributed by atoms with Crippen LogP contribution in [0, 0.1) is 0 Å². The van der Waals surface area contributed by atoms with Gasteiger partial charge in [-0.3, -0.25) is 9.69 Å². The van der Waals surface area contributed by atoms with E-state index in [0.29, 0.717) is 18.4 Å². The number of aliphatic hydroxyl groups excluding tert-OH is 1. The number of hydrogen-bond donors (Lipinski definition) is 3. The highest BCUT2D eigenvalue weighted by atomic mass is 79.9. The monoisotopic (exact) mass is 395 g/mol. The first-order chi connectivity index (χ1) is 11.7. The van der Waals surface area contributed by atoms with Gasteiger partial charge in [-0.2, -0.15) is 0 Å². The second-order valence-corrected chi connectivity index (χ2v) is 6.80. The molecule has 1 saturated heterocycles. The third-order valence-corrected chi connectivity index (χ3v) is 4.56. The lowest BCUT2D eigenvalue weighted by molar-refractivity contribution is 0.104. The van der Waals surface area contributed by atoms with Crippen LogP contribution >= 0.6 is 15.9 Å². The van der Waals surface area contributed by atoms with Crippen molar-refractivity contribution >= 4 is 21.7 Å². The third-order valence-electron chi connectivity index (χ3n) is 4.03. The molecule has 0 aromatic heterocycles. The Kier molecular flexibility index (Phi) is 8.45. The van der Waals surface area contributed by atoms with Crippen molar-refractivity contribution in [2.45, 2.75) is 12.8 Å². The van der Waals surface area contributed by atoms with Gasteiger partial charge in [0.2, 0.25) is 0 Å². The summed E-state index contributed by atoms with van der Waals surface area (Å²) in [5, 5.41) is 15.8. The summed E-state index contributed by atoms with van der Waals surface area (Å²) in [4.78, 5) is 14.8. The summed E-state index contributed by atoms with van der Waals surface area (Å²) in [5.74, 6) is -0.00916. The summed E-state index contributed by atoms with van der Waals surface area (Å²) >= 11 is 3.38. The lowest BCUT2D eigenvalue weighted by Gasteiger charge is -2.27. The number of nitrogens with one attached hydrogen (secondary N) is 2. The lowest BCUT2D eigenvalue weighted by atomic mass is 10.1. The van der Waals surface area contributed by atoms with Crippen LogP contribution in [0.2, 0.25) is 0 Å². The molecule has 1 heterocycles. The van der Waals surface area contributed by atoms with E-state index < -0.39 is 0 Å². The van der Waals surface area contributed by atoms with Gasteiger partial charge in [0.25, 0.3) is 0 Å². The van der Waals surface area contributed by atoms with Crippen molar-refractivity contribution in [3.05, 3.63) is 46.1 Å². The van der Waals surface area contributed by atoms with Crippen LogP contribution < -0.4 is 10.6 Å². The molecule has 1 aliphatic heterocycles. The van der Waals surface area contributed by atoms with E-state index in [1.807, 2.05) is 24.3 Å². The third kappa shape index (κ3) is 6.73. The number of ketones is 1. The molecule has 1 fully saturated rings. The number of nitrogens with zero attached hydrogens (tertiary/aromatic N) is 1. The van der Waals surface area contributed by atoms with Crippen LogP contribution in [0.4, 0.5) is 0 Å². The van der Waals surface area contributed by atoms with E-state index in [0.717, 1.165) is 49.4 Å². The topological polar surface area (TPSA) is 64.6 Å². The summed E-state index contributed by atoms with van der Waals surface area (Å²) in [6, 6.07) is 7.36. The highest BCUT2D eigenvalue weighted by Crippen LogP contribution is 2.12. The van der Waals surface area contributed by atoms with Gasteiger partial charge in [0, 0.05) is 67.7 Å². The van der Waals surface area contributed by atoms with Crippen LogP contribution in [0.1, 0.15) is 23.2 Å². The Morgan fingerprint density at radius 1 is 1.29 bits per heavy atom. The molecule has 0 atom stereocenters. The van der Waals surface area contributed by atoms with E-state index in [2.05, 4.69) is 31.5 Å². The van der Waals surface area contributed by atoms with Gasteiger partial charge in [-0.25, -0.2) is 0 Å². The minimum absolute atomic E-state index is 0.00916. The Morgan fingerprint density at radius 3 is 2.67 bits per heavy atom. The quantitative estimate of drug-likeness (QED) is 0.439. The maximum absolute atomic E-state index is 12.4. The van der Waals surface area contributed by atoms with Crippen molar-refractivity contribution in [2.24, 2.45) is 0 Å². The van der Waals surface area contributed by atoms with Gasteiger partial charge < -0.3 is 15.7 Å². The maximum Gasteiger partial charge on any atom is 0.187 e. The number of allylic oxidation sites excluding steroid dienone is 2. The number of aliphatic hydroxyl groups is 1. The van der Waals surface area contributed by atoms with Gasteiger partial charge in [0.05, 0.1) is 0 Å². The van der Waals surface area contributed by atoms with Crippen molar-refractivity contribution in [1.82, 2.24) is 15.5 Å². The van der Waals surface area contributed by atoms with Gasteiger partial charge in [0.1, 0.15) is 0 Å². The lowest BCUT2D eigenvalue weighted by Crippen LogP contribution is -2.45. The summed E-state index contributed by atoms with van der Waals surface area (Å²) in [6.07, 6.45) is 3.00. The van der Waals surface area contributed by atoms with Crippen LogP contribution in [0.3, 0.4) is 0 Å². The molecule has 132 valence electrons. The number of halogens is 1. The van der Waals surface area contributed by atoms with Crippen molar-refractivity contribution in [1.29, 1.82) is 0 Å². The smallest absolute Gasteiger partial charge is 0.187 e. The molecule has 3 N–H and O–H groups in total. The van der Waals surface area contributed by atoms with E-state index in [4.69, 9.17) is 5.11 Å². The van der Waals surface area contributed by atoms with E-state index in [1.54, 1.807) is 6.08 Å². The molecule has 1 aliphatic rings. The number of hydrogen-bond acceptors (Lipinski definition) is 5. The van der Waals surface area contributed by atoms with Crippen molar-refractivity contribution < 1.29 is 9.90 Å². The highest BCUT2D eigenvalue weighted by molar-refractivity contribution is 9.10. The number of carbonyl (C=O) groups is 1. The highest BCUT2D eigenvalue weighted by Gasteiger charge is 2.09. The van der Waals surface area contributed by atoms with E-state index in [1.165, 1.54) is 0 Å². The molecule has 1 aromatic rings. The summed E-state index contributed by atoms with van der Waals surface area (Å²) in [6.45, 7) is 6.10. The van der Waals surface area contributed by atoms with Crippen LogP contribution in [-0.2, 0) is 0 Å². The minimum Gasteiger partial charge on any atom is -0.396 e. The number of benzene rings is 1. The molecule has 0 aliphatic carbocycles. The molecule has 0 amide bonds. The van der Waals surface area contributed by atoms with E-state index in [-0.39, 0.29) is 12.4 Å². The zero-order valence-electron chi connectivity index (χ0n) is 13.9. The first-order valence-electron chi connectivity index (χ1n) is 8.47. The van der Waals surface area contributed by atoms with Gasteiger partial charge in [-0.1, -0.05) is 15.9 Å². The van der Waals surface area contributed by atoms with Crippen LogP contribution in [0.5, 0.6) is 0 Å². The average Bonchev–Trinajstić information content (AvgIpc) is 2.61. The second-order valence-electron chi connectivity index (χ2n) is 5.89. The number of piperazine rings is 1. The Balaban J connectivity index is 1.90. The summed E-state index contributed by atoms with van der Waals surface area (Å²) in [5.41, 5.74) is 1.57. The Bertz CT molecular complexity index is 540. The fourth-order valence-electron chi connectivity index (χ4n) is 2.65. The molecule has 6 heteroatoms. The fraction of sp³-hybridized carbons (Fsp3) is 0.500. The molecular formula is C18H26BrN3O2. The number of carbonyl (C=O) groups excluding carboxylic acids is 1. The standard InChI is InChI=1S/C18H26BrN3O2/c19-16-5-3-15(4-6-16)18(24)14-17(2-1-13-23)21-9-12-22-10-7-20-8-11-22/h3-6,14,20-21,23H,1-2,7-13H2/b17-14+. The molecule has 0 unspecified atom stereocenters. The maximum atomic E-state index is 12.4. The SMILES string of the molecule is O=C(/C=C(\CCCO)NCCN1CCNCC1)c1ccc(Br)cc1. The zero-order chi connectivity index (χ0) is 17.2. The molecule has 1 aromatic carbocycles. The van der Waals surface area contributed by atoms with E-state index in [9.17, 15) is 4.79 Å². The van der Waals surface area contributed by atoms with E-state index >= 15 is 0 Å². The normalized spacial score (nSPS) is 16.2. The van der Waals surface area contributed by atoms with Crippen molar-refractivity contribution in [3.63, 3.8) is 0 Å².